The van der Waals surface area contributed by atoms with Gasteiger partial charge in [0.2, 0.25) is 0 Å². The standard InChI is InChI=1S/C11H8O.Na.H/c12-8-9-5-6-10-3-1-2-4-11(10)7-9;;/h1-8H;;. The van der Waals surface area contributed by atoms with Crippen molar-refractivity contribution in [3.05, 3.63) is 48.0 Å². The fraction of sp³-hybridized carbons (Fsp3) is 0. The van der Waals surface area contributed by atoms with Gasteiger partial charge in [0, 0.05) is 5.56 Å². The van der Waals surface area contributed by atoms with Crippen molar-refractivity contribution in [1.29, 1.82) is 0 Å². The molecule has 0 heterocycles. The third-order valence-corrected chi connectivity index (χ3v) is 1.91. The molecule has 0 bridgehead atoms. The third-order valence-electron chi connectivity index (χ3n) is 1.91. The van der Waals surface area contributed by atoms with E-state index < -0.39 is 0 Å². The van der Waals surface area contributed by atoms with E-state index in [2.05, 4.69) is 0 Å². The summed E-state index contributed by atoms with van der Waals surface area (Å²) in [5, 5.41) is 2.28. The molecule has 0 amide bonds. The molecule has 0 saturated carbocycles. The second-order valence-electron chi connectivity index (χ2n) is 2.72. The zero-order chi connectivity index (χ0) is 8.39. The average molecular weight is 180 g/mol. The molecular weight excluding hydrogens is 171 g/mol. The summed E-state index contributed by atoms with van der Waals surface area (Å²) >= 11 is 0. The van der Waals surface area contributed by atoms with Gasteiger partial charge in [-0.1, -0.05) is 36.4 Å². The van der Waals surface area contributed by atoms with Gasteiger partial charge in [0.05, 0.1) is 0 Å². The van der Waals surface area contributed by atoms with E-state index in [0.717, 1.165) is 17.2 Å². The summed E-state index contributed by atoms with van der Waals surface area (Å²) in [6, 6.07) is 13.7. The Hall–Kier alpha value is -0.630. The van der Waals surface area contributed by atoms with Crippen molar-refractivity contribution in [1.82, 2.24) is 0 Å². The molecule has 0 aliphatic heterocycles. The first kappa shape index (κ1) is 10.5. The van der Waals surface area contributed by atoms with Crippen LogP contribution in [0.2, 0.25) is 0 Å². The van der Waals surface area contributed by atoms with Crippen LogP contribution in [-0.4, -0.2) is 35.8 Å². The molecule has 0 radical (unpaired) electrons. The van der Waals surface area contributed by atoms with Gasteiger partial charge in [-0.3, -0.25) is 4.79 Å². The van der Waals surface area contributed by atoms with Gasteiger partial charge in [0.1, 0.15) is 6.29 Å². The second kappa shape index (κ2) is 4.56. The number of fused-ring (bicyclic) bond motifs is 1. The summed E-state index contributed by atoms with van der Waals surface area (Å²) < 4.78 is 0. The summed E-state index contributed by atoms with van der Waals surface area (Å²) in [6.07, 6.45) is 0.867. The summed E-state index contributed by atoms with van der Waals surface area (Å²) in [5.74, 6) is 0. The number of aldehydes is 1. The van der Waals surface area contributed by atoms with Gasteiger partial charge in [-0.05, 0) is 16.8 Å². The van der Waals surface area contributed by atoms with Gasteiger partial charge in [-0.25, -0.2) is 0 Å². The van der Waals surface area contributed by atoms with E-state index in [1.54, 1.807) is 0 Å². The van der Waals surface area contributed by atoms with Gasteiger partial charge >= 0.3 is 29.6 Å². The van der Waals surface area contributed by atoms with Crippen molar-refractivity contribution in [2.45, 2.75) is 0 Å². The fourth-order valence-electron chi connectivity index (χ4n) is 1.28. The van der Waals surface area contributed by atoms with E-state index in [9.17, 15) is 4.79 Å². The summed E-state index contributed by atoms with van der Waals surface area (Å²) in [7, 11) is 0. The molecule has 0 aliphatic rings. The van der Waals surface area contributed by atoms with Crippen LogP contribution in [0.5, 0.6) is 0 Å². The van der Waals surface area contributed by atoms with Crippen LogP contribution < -0.4 is 0 Å². The van der Waals surface area contributed by atoms with Gasteiger partial charge in [-0.15, -0.1) is 0 Å². The van der Waals surface area contributed by atoms with E-state index in [1.807, 2.05) is 42.5 Å². The summed E-state index contributed by atoms with van der Waals surface area (Å²) in [6.45, 7) is 0. The molecule has 2 heteroatoms. The number of carbonyl (C=O) groups is 1. The molecule has 0 atom stereocenters. The van der Waals surface area contributed by atoms with Crippen LogP contribution in [0.15, 0.2) is 42.5 Å². The molecule has 0 saturated heterocycles. The molecule has 0 aromatic heterocycles. The second-order valence-corrected chi connectivity index (χ2v) is 2.72. The Morgan fingerprint density at radius 2 is 1.62 bits per heavy atom. The Labute approximate surface area is 99.1 Å². The van der Waals surface area contributed by atoms with E-state index >= 15 is 0 Å². The molecule has 0 N–H and O–H groups in total. The van der Waals surface area contributed by atoms with E-state index in [4.69, 9.17) is 0 Å². The van der Waals surface area contributed by atoms with E-state index in [-0.39, 0.29) is 29.6 Å². The topological polar surface area (TPSA) is 17.1 Å². The minimum atomic E-state index is 0. The Balaban J connectivity index is 0.000000845. The first-order chi connectivity index (χ1) is 5.90. The molecule has 0 fully saturated rings. The molecule has 2 aromatic rings. The van der Waals surface area contributed by atoms with Crippen LogP contribution in [0.4, 0.5) is 0 Å². The predicted molar refractivity (Wildman–Crippen MR) is 56.5 cm³/mol. The van der Waals surface area contributed by atoms with Crippen LogP contribution in [0, 0.1) is 0 Å². The molecule has 0 aliphatic carbocycles. The molecule has 60 valence electrons. The molecule has 13 heavy (non-hydrogen) atoms. The molecular formula is C11H9NaO. The van der Waals surface area contributed by atoms with E-state index in [1.165, 1.54) is 5.39 Å². The van der Waals surface area contributed by atoms with Crippen molar-refractivity contribution >= 4 is 46.6 Å². The summed E-state index contributed by atoms with van der Waals surface area (Å²) in [4.78, 5) is 10.5. The Bertz CT molecular complexity index is 423. The molecule has 0 spiro atoms. The fourth-order valence-corrected chi connectivity index (χ4v) is 1.28. The van der Waals surface area contributed by atoms with E-state index in [0.29, 0.717) is 0 Å². The molecule has 2 rings (SSSR count). The molecule has 1 nitrogen and oxygen atoms in total. The van der Waals surface area contributed by atoms with Gasteiger partial charge in [-0.2, -0.15) is 0 Å². The molecule has 0 unspecified atom stereocenters. The average Bonchev–Trinajstić information content (AvgIpc) is 2.17. The monoisotopic (exact) mass is 180 g/mol. The number of hydrogen-bond donors (Lipinski definition) is 0. The number of carbonyl (C=O) groups excluding carboxylic acids is 1. The number of rotatable bonds is 1. The summed E-state index contributed by atoms with van der Waals surface area (Å²) in [5.41, 5.74) is 0.730. The van der Waals surface area contributed by atoms with Crippen LogP contribution in [-0.2, 0) is 0 Å². The first-order valence-corrected chi connectivity index (χ1v) is 3.84. The maximum absolute atomic E-state index is 10.5. The number of benzene rings is 2. The number of hydrogen-bond acceptors (Lipinski definition) is 1. The van der Waals surface area contributed by atoms with Crippen molar-refractivity contribution in [3.63, 3.8) is 0 Å². The van der Waals surface area contributed by atoms with Crippen molar-refractivity contribution < 1.29 is 4.79 Å². The quantitative estimate of drug-likeness (QED) is 0.484. The van der Waals surface area contributed by atoms with Gasteiger partial charge in [0.15, 0.2) is 0 Å². The van der Waals surface area contributed by atoms with Crippen LogP contribution in [0.1, 0.15) is 10.4 Å². The minimum absolute atomic E-state index is 0. The van der Waals surface area contributed by atoms with Gasteiger partial charge in [0.25, 0.3) is 0 Å². The maximum atomic E-state index is 10.5. The predicted octanol–water partition coefficient (Wildman–Crippen LogP) is 2.00. The zero-order valence-electron chi connectivity index (χ0n) is 6.53. The normalized spacial score (nSPS) is 9.23. The van der Waals surface area contributed by atoms with Crippen molar-refractivity contribution in [2.24, 2.45) is 0 Å². The Morgan fingerprint density at radius 3 is 2.31 bits per heavy atom. The Kier molecular flexibility index (Phi) is 3.67. The van der Waals surface area contributed by atoms with Crippen LogP contribution in [0.3, 0.4) is 0 Å². The zero-order valence-corrected chi connectivity index (χ0v) is 6.53. The van der Waals surface area contributed by atoms with Gasteiger partial charge < -0.3 is 0 Å². The van der Waals surface area contributed by atoms with Crippen LogP contribution >= 0.6 is 0 Å². The van der Waals surface area contributed by atoms with Crippen molar-refractivity contribution in [3.8, 4) is 0 Å². The first-order valence-electron chi connectivity index (χ1n) is 3.84. The SMILES string of the molecule is O=Cc1ccc2ccccc2c1.[NaH]. The molecule has 2 aromatic carbocycles. The Morgan fingerprint density at radius 1 is 0.923 bits per heavy atom. The van der Waals surface area contributed by atoms with Crippen LogP contribution in [0.25, 0.3) is 10.8 Å². The third kappa shape index (κ3) is 2.19. The van der Waals surface area contributed by atoms with Crippen molar-refractivity contribution in [2.75, 3.05) is 0 Å².